The number of carbonyl (C=O) groups excluding carboxylic acids is 2. The van der Waals surface area contributed by atoms with Crippen molar-refractivity contribution >= 4 is 17.7 Å². The predicted octanol–water partition coefficient (Wildman–Crippen LogP) is 2.17. The molecule has 24 heavy (non-hydrogen) atoms. The summed E-state index contributed by atoms with van der Waals surface area (Å²) in [5.74, 6) is -0.0185. The molecule has 1 heterocycles. The van der Waals surface area contributed by atoms with E-state index in [2.05, 4.69) is 0 Å². The van der Waals surface area contributed by atoms with Crippen LogP contribution in [0, 0.1) is 10.1 Å². The summed E-state index contributed by atoms with van der Waals surface area (Å²) in [4.78, 5) is 37.3. The van der Waals surface area contributed by atoms with Crippen LogP contribution in [0.4, 0.5) is 10.5 Å². The summed E-state index contributed by atoms with van der Waals surface area (Å²) in [6, 6.07) is 5.73. The highest BCUT2D eigenvalue weighted by Gasteiger charge is 2.31. The second kappa shape index (κ2) is 7.76. The van der Waals surface area contributed by atoms with E-state index in [1.165, 1.54) is 17.0 Å². The number of amides is 2. The average Bonchev–Trinajstić information content (AvgIpc) is 3.01. The summed E-state index contributed by atoms with van der Waals surface area (Å²) in [7, 11) is 3.38. The molecule has 0 spiro atoms. The van der Waals surface area contributed by atoms with Crippen LogP contribution >= 0.6 is 0 Å². The maximum absolute atomic E-state index is 12.2. The van der Waals surface area contributed by atoms with Gasteiger partial charge in [-0.1, -0.05) is 0 Å². The Bertz CT molecular complexity index is 615. The van der Waals surface area contributed by atoms with E-state index in [4.69, 9.17) is 4.74 Å². The van der Waals surface area contributed by atoms with Crippen LogP contribution in [0.1, 0.15) is 24.8 Å². The largest absolute Gasteiger partial charge is 0.445 e. The molecule has 1 aromatic carbocycles. The number of benzene rings is 1. The molecule has 0 aliphatic carbocycles. The summed E-state index contributed by atoms with van der Waals surface area (Å²) in [6.07, 6.45) is 1.46. The van der Waals surface area contributed by atoms with E-state index >= 15 is 0 Å². The highest BCUT2D eigenvalue weighted by atomic mass is 16.6. The van der Waals surface area contributed by atoms with Crippen molar-refractivity contribution in [3.05, 3.63) is 39.9 Å². The molecule has 1 aliphatic heterocycles. The number of likely N-dealkylation sites (tertiary alicyclic amines) is 1. The fraction of sp³-hybridized carbons (Fsp3) is 0.500. The molecule has 0 saturated carbocycles. The zero-order chi connectivity index (χ0) is 17.7. The van der Waals surface area contributed by atoms with E-state index in [0.717, 1.165) is 12.8 Å². The van der Waals surface area contributed by atoms with Crippen LogP contribution in [0.3, 0.4) is 0 Å². The first-order chi connectivity index (χ1) is 11.4. The van der Waals surface area contributed by atoms with Gasteiger partial charge < -0.3 is 14.5 Å². The van der Waals surface area contributed by atoms with Gasteiger partial charge in [0.2, 0.25) is 5.91 Å². The highest BCUT2D eigenvalue weighted by Crippen LogP contribution is 2.22. The molecule has 2 rings (SSSR count). The Labute approximate surface area is 140 Å². The van der Waals surface area contributed by atoms with Gasteiger partial charge in [-0.3, -0.25) is 14.9 Å². The minimum Gasteiger partial charge on any atom is -0.445 e. The molecule has 2 amide bonds. The van der Waals surface area contributed by atoms with E-state index < -0.39 is 11.0 Å². The quantitative estimate of drug-likeness (QED) is 0.607. The fourth-order valence-corrected chi connectivity index (χ4v) is 2.61. The topological polar surface area (TPSA) is 93.0 Å². The summed E-state index contributed by atoms with van der Waals surface area (Å²) < 4.78 is 5.28. The third-order valence-corrected chi connectivity index (χ3v) is 4.03. The highest BCUT2D eigenvalue weighted by molar-refractivity contribution is 5.77. The summed E-state index contributed by atoms with van der Waals surface area (Å²) >= 11 is 0. The number of ether oxygens (including phenoxy) is 1. The second-order valence-corrected chi connectivity index (χ2v) is 5.96. The van der Waals surface area contributed by atoms with E-state index in [1.807, 2.05) is 0 Å². The third kappa shape index (κ3) is 4.43. The van der Waals surface area contributed by atoms with Crippen molar-refractivity contribution in [2.45, 2.75) is 31.9 Å². The van der Waals surface area contributed by atoms with Crippen molar-refractivity contribution in [2.24, 2.45) is 0 Å². The smallest absolute Gasteiger partial charge is 0.410 e. The Morgan fingerprint density at radius 1 is 1.33 bits per heavy atom. The molecule has 1 atom stereocenters. The normalized spacial score (nSPS) is 16.8. The summed E-state index contributed by atoms with van der Waals surface area (Å²) in [5.41, 5.74) is 0.668. The van der Waals surface area contributed by atoms with E-state index in [1.54, 1.807) is 31.1 Å². The third-order valence-electron chi connectivity index (χ3n) is 4.03. The fourth-order valence-electron chi connectivity index (χ4n) is 2.61. The molecule has 0 bridgehead atoms. The van der Waals surface area contributed by atoms with Crippen molar-refractivity contribution in [2.75, 3.05) is 20.6 Å². The Morgan fingerprint density at radius 2 is 2.00 bits per heavy atom. The molecule has 1 saturated heterocycles. The van der Waals surface area contributed by atoms with Gasteiger partial charge in [-0.05, 0) is 30.5 Å². The zero-order valence-corrected chi connectivity index (χ0v) is 13.8. The summed E-state index contributed by atoms with van der Waals surface area (Å²) in [6.45, 7) is 0.617. The van der Waals surface area contributed by atoms with E-state index in [-0.39, 0.29) is 24.2 Å². The maximum atomic E-state index is 12.2. The average molecular weight is 335 g/mol. The zero-order valence-electron chi connectivity index (χ0n) is 13.8. The van der Waals surface area contributed by atoms with Crippen LogP contribution in [0.25, 0.3) is 0 Å². The van der Waals surface area contributed by atoms with Crippen LogP contribution in [-0.2, 0) is 16.1 Å². The van der Waals surface area contributed by atoms with Crippen molar-refractivity contribution in [1.29, 1.82) is 0 Å². The van der Waals surface area contributed by atoms with Crippen LogP contribution in [-0.4, -0.2) is 53.4 Å². The molecular formula is C16H21N3O5. The van der Waals surface area contributed by atoms with Gasteiger partial charge >= 0.3 is 6.09 Å². The Morgan fingerprint density at radius 3 is 2.58 bits per heavy atom. The monoisotopic (exact) mass is 335 g/mol. The lowest BCUT2D eigenvalue weighted by Crippen LogP contribution is -2.39. The number of non-ortho nitro benzene ring substituents is 1. The summed E-state index contributed by atoms with van der Waals surface area (Å²) in [5, 5.41) is 10.6. The lowest BCUT2D eigenvalue weighted by Gasteiger charge is -2.24. The molecule has 1 aliphatic rings. The van der Waals surface area contributed by atoms with Gasteiger partial charge in [0, 0.05) is 45.2 Å². The van der Waals surface area contributed by atoms with Crippen LogP contribution < -0.4 is 0 Å². The van der Waals surface area contributed by atoms with Gasteiger partial charge in [-0.25, -0.2) is 4.79 Å². The molecule has 0 N–H and O–H groups in total. The van der Waals surface area contributed by atoms with Gasteiger partial charge in [0.1, 0.15) is 6.61 Å². The number of hydrogen-bond donors (Lipinski definition) is 0. The van der Waals surface area contributed by atoms with Gasteiger partial charge in [0.05, 0.1) is 4.92 Å². The molecule has 8 heteroatoms. The minimum atomic E-state index is -0.480. The lowest BCUT2D eigenvalue weighted by molar-refractivity contribution is -0.384. The van der Waals surface area contributed by atoms with Gasteiger partial charge in [-0.15, -0.1) is 0 Å². The molecule has 0 aromatic heterocycles. The second-order valence-electron chi connectivity index (χ2n) is 5.96. The van der Waals surface area contributed by atoms with Crippen LogP contribution in [0.2, 0.25) is 0 Å². The molecular weight excluding hydrogens is 314 g/mol. The molecule has 0 radical (unpaired) electrons. The van der Waals surface area contributed by atoms with E-state index in [0.29, 0.717) is 18.5 Å². The van der Waals surface area contributed by atoms with Crippen molar-refractivity contribution < 1.29 is 19.2 Å². The number of hydrogen-bond acceptors (Lipinski definition) is 5. The first kappa shape index (κ1) is 17.7. The number of nitro benzene ring substituents is 1. The number of carbonyl (C=O) groups is 2. The Hall–Kier alpha value is -2.64. The maximum Gasteiger partial charge on any atom is 0.410 e. The first-order valence-electron chi connectivity index (χ1n) is 7.75. The SMILES string of the molecule is CN(C)C(=O)CC1CCCN1C(=O)OCc1ccc([N+](=O)[O-])cc1. The van der Waals surface area contributed by atoms with Crippen LogP contribution in [0.15, 0.2) is 24.3 Å². The molecule has 8 nitrogen and oxygen atoms in total. The number of nitro groups is 1. The molecule has 130 valence electrons. The molecule has 1 fully saturated rings. The molecule has 1 aromatic rings. The lowest BCUT2D eigenvalue weighted by atomic mass is 10.1. The van der Waals surface area contributed by atoms with Gasteiger partial charge in [-0.2, -0.15) is 0 Å². The van der Waals surface area contributed by atoms with Gasteiger partial charge in [0.25, 0.3) is 5.69 Å². The van der Waals surface area contributed by atoms with Crippen molar-refractivity contribution in [3.63, 3.8) is 0 Å². The van der Waals surface area contributed by atoms with Crippen molar-refractivity contribution in [3.8, 4) is 0 Å². The molecule has 1 unspecified atom stereocenters. The minimum absolute atomic E-state index is 0.00752. The standard InChI is InChI=1S/C16H21N3O5/c1-17(2)15(20)10-14-4-3-9-18(14)16(21)24-11-12-5-7-13(8-6-12)19(22)23/h5-8,14H,3-4,9-11H2,1-2H3. The Balaban J connectivity index is 1.89. The Kier molecular flexibility index (Phi) is 5.73. The van der Waals surface area contributed by atoms with Crippen LogP contribution in [0.5, 0.6) is 0 Å². The van der Waals surface area contributed by atoms with E-state index in [9.17, 15) is 19.7 Å². The first-order valence-corrected chi connectivity index (χ1v) is 7.75. The number of nitrogens with zero attached hydrogens (tertiary/aromatic N) is 3. The van der Waals surface area contributed by atoms with Gasteiger partial charge in [0.15, 0.2) is 0 Å². The predicted molar refractivity (Wildman–Crippen MR) is 86.3 cm³/mol. The number of rotatable bonds is 5. The van der Waals surface area contributed by atoms with Crippen molar-refractivity contribution in [1.82, 2.24) is 9.80 Å².